The van der Waals surface area contributed by atoms with Crippen LogP contribution in [0.3, 0.4) is 0 Å². The SMILES string of the molecule is CC1Cc2ccccc2N1CCCCO. The predicted octanol–water partition coefficient (Wildman–Crippen LogP) is 2.21. The third-order valence-electron chi connectivity index (χ3n) is 3.16. The quantitative estimate of drug-likeness (QED) is 0.762. The number of unbranched alkanes of at least 4 members (excludes halogenated alkanes) is 1. The van der Waals surface area contributed by atoms with Crippen molar-refractivity contribution in [3.05, 3.63) is 29.8 Å². The number of aliphatic hydroxyl groups is 1. The van der Waals surface area contributed by atoms with E-state index in [4.69, 9.17) is 5.11 Å². The van der Waals surface area contributed by atoms with Crippen molar-refractivity contribution in [2.45, 2.75) is 32.2 Å². The molecule has 1 aromatic rings. The fourth-order valence-corrected chi connectivity index (χ4v) is 2.36. The van der Waals surface area contributed by atoms with Crippen LogP contribution < -0.4 is 4.90 Å². The van der Waals surface area contributed by atoms with Crippen LogP contribution in [0.15, 0.2) is 24.3 Å². The van der Waals surface area contributed by atoms with E-state index in [-0.39, 0.29) is 0 Å². The van der Waals surface area contributed by atoms with Crippen molar-refractivity contribution in [2.75, 3.05) is 18.1 Å². The summed E-state index contributed by atoms with van der Waals surface area (Å²) in [6.07, 6.45) is 3.15. The van der Waals surface area contributed by atoms with E-state index in [1.54, 1.807) is 0 Å². The van der Waals surface area contributed by atoms with E-state index >= 15 is 0 Å². The van der Waals surface area contributed by atoms with Gasteiger partial charge in [-0.05, 0) is 37.8 Å². The molecule has 2 rings (SSSR count). The molecule has 0 radical (unpaired) electrons. The molecule has 0 spiro atoms. The third-order valence-corrected chi connectivity index (χ3v) is 3.16. The van der Waals surface area contributed by atoms with E-state index in [0.717, 1.165) is 25.8 Å². The van der Waals surface area contributed by atoms with Gasteiger partial charge >= 0.3 is 0 Å². The summed E-state index contributed by atoms with van der Waals surface area (Å²) in [4.78, 5) is 2.46. The Morgan fingerprint density at radius 2 is 2.13 bits per heavy atom. The molecule has 0 aromatic heterocycles. The first-order valence-electron chi connectivity index (χ1n) is 5.78. The molecule has 1 unspecified atom stereocenters. The monoisotopic (exact) mass is 205 g/mol. The number of fused-ring (bicyclic) bond motifs is 1. The molecule has 1 aromatic carbocycles. The van der Waals surface area contributed by atoms with Crippen molar-refractivity contribution in [1.29, 1.82) is 0 Å². The average Bonchev–Trinajstić information content (AvgIpc) is 2.56. The number of para-hydroxylation sites is 1. The Bertz CT molecular complexity index is 324. The number of anilines is 1. The smallest absolute Gasteiger partial charge is 0.0431 e. The van der Waals surface area contributed by atoms with E-state index in [1.165, 1.54) is 11.3 Å². The van der Waals surface area contributed by atoms with Crippen LogP contribution in [0.4, 0.5) is 5.69 Å². The van der Waals surface area contributed by atoms with E-state index in [1.807, 2.05) is 0 Å². The topological polar surface area (TPSA) is 23.5 Å². The van der Waals surface area contributed by atoms with Crippen molar-refractivity contribution in [2.24, 2.45) is 0 Å². The largest absolute Gasteiger partial charge is 0.396 e. The van der Waals surface area contributed by atoms with Crippen LogP contribution in [0, 0.1) is 0 Å². The van der Waals surface area contributed by atoms with Gasteiger partial charge in [0.05, 0.1) is 0 Å². The van der Waals surface area contributed by atoms with Crippen LogP contribution in [0.1, 0.15) is 25.3 Å². The highest BCUT2D eigenvalue weighted by Gasteiger charge is 2.24. The first kappa shape index (κ1) is 10.5. The standard InChI is InChI=1S/C13H19NO/c1-11-10-12-6-2-3-7-13(12)14(11)8-4-5-9-15/h2-3,6-7,11,15H,4-5,8-10H2,1H3. The number of benzene rings is 1. The van der Waals surface area contributed by atoms with Gasteiger partial charge in [-0.1, -0.05) is 18.2 Å². The molecule has 0 saturated heterocycles. The first-order chi connectivity index (χ1) is 7.33. The summed E-state index contributed by atoms with van der Waals surface area (Å²) in [5, 5.41) is 8.78. The lowest BCUT2D eigenvalue weighted by atomic mass is 10.1. The minimum absolute atomic E-state index is 0.309. The molecule has 2 nitrogen and oxygen atoms in total. The lowest BCUT2D eigenvalue weighted by Gasteiger charge is -2.24. The first-order valence-corrected chi connectivity index (χ1v) is 5.78. The highest BCUT2D eigenvalue weighted by atomic mass is 16.2. The maximum atomic E-state index is 8.78. The Labute approximate surface area is 91.5 Å². The number of hydrogen-bond donors (Lipinski definition) is 1. The van der Waals surface area contributed by atoms with Gasteiger partial charge < -0.3 is 10.0 Å². The highest BCUT2D eigenvalue weighted by Crippen LogP contribution is 2.31. The van der Waals surface area contributed by atoms with Crippen molar-refractivity contribution in [3.63, 3.8) is 0 Å². The van der Waals surface area contributed by atoms with Gasteiger partial charge in [0, 0.05) is 24.9 Å². The average molecular weight is 205 g/mol. The summed E-state index contributed by atoms with van der Waals surface area (Å²) >= 11 is 0. The van der Waals surface area contributed by atoms with Gasteiger partial charge in [-0.25, -0.2) is 0 Å². The second kappa shape index (κ2) is 4.67. The molecule has 1 aliphatic heterocycles. The van der Waals surface area contributed by atoms with Gasteiger partial charge in [-0.2, -0.15) is 0 Å². The molecule has 1 aliphatic rings. The molecule has 0 bridgehead atoms. The van der Waals surface area contributed by atoms with Crippen LogP contribution in [-0.2, 0) is 6.42 Å². The molecule has 82 valence electrons. The van der Waals surface area contributed by atoms with E-state index in [9.17, 15) is 0 Å². The summed E-state index contributed by atoms with van der Waals surface area (Å²) < 4.78 is 0. The Hall–Kier alpha value is -1.02. The van der Waals surface area contributed by atoms with Crippen LogP contribution in [0.5, 0.6) is 0 Å². The van der Waals surface area contributed by atoms with Gasteiger partial charge in [0.1, 0.15) is 0 Å². The van der Waals surface area contributed by atoms with Crippen molar-refractivity contribution < 1.29 is 5.11 Å². The third kappa shape index (κ3) is 2.15. The maximum absolute atomic E-state index is 8.78. The maximum Gasteiger partial charge on any atom is 0.0431 e. The zero-order chi connectivity index (χ0) is 10.7. The van der Waals surface area contributed by atoms with Crippen molar-refractivity contribution >= 4 is 5.69 Å². The molecule has 0 aliphatic carbocycles. The molecular formula is C13H19NO. The van der Waals surface area contributed by atoms with Crippen molar-refractivity contribution in [3.8, 4) is 0 Å². The van der Waals surface area contributed by atoms with Gasteiger partial charge in [0.2, 0.25) is 0 Å². The predicted molar refractivity (Wildman–Crippen MR) is 63.3 cm³/mol. The minimum atomic E-state index is 0.309. The fraction of sp³-hybridized carbons (Fsp3) is 0.538. The molecule has 0 amide bonds. The summed E-state index contributed by atoms with van der Waals surface area (Å²) in [7, 11) is 0. The van der Waals surface area contributed by atoms with E-state index in [0.29, 0.717) is 12.6 Å². The summed E-state index contributed by atoms with van der Waals surface area (Å²) in [6, 6.07) is 9.26. The Morgan fingerprint density at radius 3 is 2.93 bits per heavy atom. The zero-order valence-electron chi connectivity index (χ0n) is 9.32. The lowest BCUT2D eigenvalue weighted by molar-refractivity contribution is 0.284. The Kier molecular flexibility index (Phi) is 3.27. The summed E-state index contributed by atoms with van der Waals surface area (Å²) in [5.41, 5.74) is 2.86. The second-order valence-corrected chi connectivity index (χ2v) is 4.31. The van der Waals surface area contributed by atoms with Crippen LogP contribution in [0.2, 0.25) is 0 Å². The summed E-state index contributed by atoms with van der Waals surface area (Å²) in [6.45, 7) is 3.65. The van der Waals surface area contributed by atoms with Crippen LogP contribution in [-0.4, -0.2) is 24.3 Å². The van der Waals surface area contributed by atoms with Gasteiger partial charge in [-0.15, -0.1) is 0 Å². The van der Waals surface area contributed by atoms with E-state index in [2.05, 4.69) is 36.1 Å². The van der Waals surface area contributed by atoms with Crippen LogP contribution in [0.25, 0.3) is 0 Å². The number of nitrogens with zero attached hydrogens (tertiary/aromatic N) is 1. The normalized spacial score (nSPS) is 19.3. The molecule has 1 N–H and O–H groups in total. The molecule has 1 atom stereocenters. The minimum Gasteiger partial charge on any atom is -0.396 e. The molecule has 2 heteroatoms. The van der Waals surface area contributed by atoms with Gasteiger partial charge in [0.15, 0.2) is 0 Å². The summed E-state index contributed by atoms with van der Waals surface area (Å²) in [5.74, 6) is 0. The molecule has 0 saturated carbocycles. The Balaban J connectivity index is 2.05. The van der Waals surface area contributed by atoms with Crippen LogP contribution >= 0.6 is 0 Å². The molecule has 0 fully saturated rings. The number of hydrogen-bond acceptors (Lipinski definition) is 2. The molecule has 15 heavy (non-hydrogen) atoms. The van der Waals surface area contributed by atoms with Crippen molar-refractivity contribution in [1.82, 2.24) is 0 Å². The molecule has 1 heterocycles. The second-order valence-electron chi connectivity index (χ2n) is 4.31. The molecular weight excluding hydrogens is 186 g/mol. The van der Waals surface area contributed by atoms with Gasteiger partial charge in [0.25, 0.3) is 0 Å². The number of rotatable bonds is 4. The van der Waals surface area contributed by atoms with E-state index < -0.39 is 0 Å². The zero-order valence-corrected chi connectivity index (χ0v) is 9.32. The lowest BCUT2D eigenvalue weighted by Crippen LogP contribution is -2.30. The fourth-order valence-electron chi connectivity index (χ4n) is 2.36. The highest BCUT2D eigenvalue weighted by molar-refractivity contribution is 5.59. The Morgan fingerprint density at radius 1 is 1.33 bits per heavy atom. The van der Waals surface area contributed by atoms with Gasteiger partial charge in [-0.3, -0.25) is 0 Å². The number of aliphatic hydroxyl groups excluding tert-OH is 1.